The predicted molar refractivity (Wildman–Crippen MR) is 79.0 cm³/mol. The van der Waals surface area contributed by atoms with Crippen LogP contribution in [0, 0.1) is 13.8 Å². The molecule has 2 N–H and O–H groups in total. The summed E-state index contributed by atoms with van der Waals surface area (Å²) < 4.78 is 1.03. The van der Waals surface area contributed by atoms with Crippen LogP contribution in [0.4, 0.5) is 5.69 Å². The third kappa shape index (κ3) is 3.05. The molecule has 18 heavy (non-hydrogen) atoms. The summed E-state index contributed by atoms with van der Waals surface area (Å²) in [6.07, 6.45) is 0. The highest BCUT2D eigenvalue weighted by atomic mass is 79.9. The van der Waals surface area contributed by atoms with Gasteiger partial charge in [-0.25, -0.2) is 0 Å². The zero-order chi connectivity index (χ0) is 13.1. The largest absolute Gasteiger partial charge is 0.508 e. The molecule has 2 nitrogen and oxygen atoms in total. The first-order valence-electron chi connectivity index (χ1n) is 5.85. The number of halogens is 1. The molecule has 2 aromatic rings. The summed E-state index contributed by atoms with van der Waals surface area (Å²) in [5, 5.41) is 13.1. The highest BCUT2D eigenvalue weighted by Gasteiger charge is 2.03. The lowest BCUT2D eigenvalue weighted by atomic mass is 10.1. The first-order valence-corrected chi connectivity index (χ1v) is 6.64. The SMILES string of the molecule is Cc1ccc(O)c(CNc2cc(C)ccc2Br)c1. The van der Waals surface area contributed by atoms with E-state index >= 15 is 0 Å². The highest BCUT2D eigenvalue weighted by Crippen LogP contribution is 2.25. The summed E-state index contributed by atoms with van der Waals surface area (Å²) in [6.45, 7) is 4.68. The summed E-state index contributed by atoms with van der Waals surface area (Å²) >= 11 is 3.51. The van der Waals surface area contributed by atoms with Crippen LogP contribution in [0.3, 0.4) is 0 Å². The van der Waals surface area contributed by atoms with E-state index in [0.29, 0.717) is 12.3 Å². The molecule has 2 rings (SSSR count). The lowest BCUT2D eigenvalue weighted by Gasteiger charge is -2.11. The maximum atomic E-state index is 9.79. The van der Waals surface area contributed by atoms with Crippen LogP contribution in [0.1, 0.15) is 16.7 Å². The van der Waals surface area contributed by atoms with Gasteiger partial charge >= 0.3 is 0 Å². The third-order valence-electron chi connectivity index (χ3n) is 2.83. The Morgan fingerprint density at radius 2 is 1.72 bits per heavy atom. The van der Waals surface area contributed by atoms with Crippen LogP contribution < -0.4 is 5.32 Å². The summed E-state index contributed by atoms with van der Waals surface area (Å²) in [4.78, 5) is 0. The van der Waals surface area contributed by atoms with Gasteiger partial charge in [0.2, 0.25) is 0 Å². The smallest absolute Gasteiger partial charge is 0.120 e. The van der Waals surface area contributed by atoms with Gasteiger partial charge in [-0.2, -0.15) is 0 Å². The monoisotopic (exact) mass is 305 g/mol. The number of benzene rings is 2. The number of phenolic OH excluding ortho intramolecular Hbond substituents is 1. The second kappa shape index (κ2) is 5.44. The fourth-order valence-electron chi connectivity index (χ4n) is 1.82. The molecule has 0 fully saturated rings. The molecule has 0 unspecified atom stereocenters. The summed E-state index contributed by atoms with van der Waals surface area (Å²) in [6, 6.07) is 11.8. The van der Waals surface area contributed by atoms with Crippen LogP contribution in [0.25, 0.3) is 0 Å². The molecule has 0 radical (unpaired) electrons. The van der Waals surface area contributed by atoms with E-state index < -0.39 is 0 Å². The number of aryl methyl sites for hydroxylation is 2. The Balaban J connectivity index is 2.16. The first kappa shape index (κ1) is 13.0. The molecular weight excluding hydrogens is 290 g/mol. The van der Waals surface area contributed by atoms with Gasteiger partial charge in [0.1, 0.15) is 5.75 Å². The van der Waals surface area contributed by atoms with Crippen molar-refractivity contribution in [2.75, 3.05) is 5.32 Å². The molecule has 0 aliphatic carbocycles. The molecule has 0 atom stereocenters. The molecule has 0 heterocycles. The first-order chi connectivity index (χ1) is 8.56. The van der Waals surface area contributed by atoms with Gasteiger partial charge in [0, 0.05) is 22.3 Å². The summed E-state index contributed by atoms with van der Waals surface area (Å²) in [5.41, 5.74) is 4.29. The minimum absolute atomic E-state index is 0.330. The number of nitrogens with one attached hydrogen (secondary N) is 1. The Morgan fingerprint density at radius 1 is 1.06 bits per heavy atom. The van der Waals surface area contributed by atoms with Crippen LogP contribution in [0.15, 0.2) is 40.9 Å². The van der Waals surface area contributed by atoms with E-state index in [9.17, 15) is 5.11 Å². The number of rotatable bonds is 3. The Morgan fingerprint density at radius 3 is 2.50 bits per heavy atom. The minimum atomic E-state index is 0.330. The number of anilines is 1. The van der Waals surface area contributed by atoms with Crippen molar-refractivity contribution in [1.29, 1.82) is 0 Å². The van der Waals surface area contributed by atoms with E-state index in [1.54, 1.807) is 6.07 Å². The standard InChI is InChI=1S/C15H16BrNO/c1-10-4-6-15(18)12(7-10)9-17-14-8-11(2)3-5-13(14)16/h3-8,17-18H,9H2,1-2H3. The number of aromatic hydroxyl groups is 1. The van der Waals surface area contributed by atoms with Gasteiger partial charge in [0.25, 0.3) is 0 Å². The molecule has 2 aromatic carbocycles. The summed E-state index contributed by atoms with van der Waals surface area (Å²) in [7, 11) is 0. The van der Waals surface area contributed by atoms with Gasteiger partial charge in [-0.1, -0.05) is 23.8 Å². The highest BCUT2D eigenvalue weighted by molar-refractivity contribution is 9.10. The molecule has 0 aliphatic heterocycles. The maximum Gasteiger partial charge on any atom is 0.120 e. The van der Waals surface area contributed by atoms with Crippen molar-refractivity contribution in [3.8, 4) is 5.75 Å². The molecule has 0 aromatic heterocycles. The van der Waals surface area contributed by atoms with Crippen LogP contribution in [0.2, 0.25) is 0 Å². The minimum Gasteiger partial charge on any atom is -0.508 e. The van der Waals surface area contributed by atoms with Crippen molar-refractivity contribution in [3.63, 3.8) is 0 Å². The predicted octanol–water partition coefficient (Wildman–Crippen LogP) is 4.38. The molecule has 3 heteroatoms. The molecule has 0 bridgehead atoms. The number of hydrogen-bond acceptors (Lipinski definition) is 2. The normalized spacial score (nSPS) is 10.4. The van der Waals surface area contributed by atoms with Crippen LogP contribution in [0.5, 0.6) is 5.75 Å². The van der Waals surface area contributed by atoms with Crippen molar-refractivity contribution in [2.45, 2.75) is 20.4 Å². The fourth-order valence-corrected chi connectivity index (χ4v) is 2.21. The fraction of sp³-hybridized carbons (Fsp3) is 0.200. The Kier molecular flexibility index (Phi) is 3.92. The van der Waals surface area contributed by atoms with E-state index in [1.807, 2.05) is 25.1 Å². The van der Waals surface area contributed by atoms with Gasteiger partial charge in [-0.15, -0.1) is 0 Å². The maximum absolute atomic E-state index is 9.79. The van der Waals surface area contributed by atoms with Crippen molar-refractivity contribution in [2.24, 2.45) is 0 Å². The van der Waals surface area contributed by atoms with E-state index in [-0.39, 0.29) is 0 Å². The van der Waals surface area contributed by atoms with Gasteiger partial charge < -0.3 is 10.4 Å². The van der Waals surface area contributed by atoms with E-state index in [2.05, 4.69) is 40.3 Å². The molecule has 0 saturated carbocycles. The molecule has 0 saturated heterocycles. The zero-order valence-electron chi connectivity index (χ0n) is 10.5. The van der Waals surface area contributed by atoms with Gasteiger partial charge in [0.05, 0.1) is 0 Å². The molecule has 0 spiro atoms. The van der Waals surface area contributed by atoms with Gasteiger partial charge in [-0.3, -0.25) is 0 Å². The lowest BCUT2D eigenvalue weighted by molar-refractivity contribution is 0.469. The van der Waals surface area contributed by atoms with Gasteiger partial charge in [0.15, 0.2) is 0 Å². The lowest BCUT2D eigenvalue weighted by Crippen LogP contribution is -2.01. The second-order valence-electron chi connectivity index (χ2n) is 4.47. The van der Waals surface area contributed by atoms with Crippen LogP contribution in [-0.2, 0) is 6.54 Å². The summed E-state index contributed by atoms with van der Waals surface area (Å²) in [5.74, 6) is 0.330. The van der Waals surface area contributed by atoms with Crippen molar-refractivity contribution < 1.29 is 5.11 Å². The Bertz CT molecular complexity index is 515. The van der Waals surface area contributed by atoms with Crippen molar-refractivity contribution in [3.05, 3.63) is 57.6 Å². The quantitative estimate of drug-likeness (QED) is 0.882. The third-order valence-corrected chi connectivity index (χ3v) is 3.52. The number of phenols is 1. The van der Waals surface area contributed by atoms with E-state index in [4.69, 9.17) is 0 Å². The van der Waals surface area contributed by atoms with Gasteiger partial charge in [-0.05, 0) is 53.5 Å². The molecule has 0 aliphatic rings. The zero-order valence-corrected chi connectivity index (χ0v) is 12.1. The second-order valence-corrected chi connectivity index (χ2v) is 5.32. The van der Waals surface area contributed by atoms with E-state index in [1.165, 1.54) is 5.56 Å². The Hall–Kier alpha value is -1.48. The number of hydrogen-bond donors (Lipinski definition) is 2. The Labute approximate surface area is 116 Å². The molecule has 0 amide bonds. The van der Waals surface area contributed by atoms with Crippen LogP contribution in [-0.4, -0.2) is 5.11 Å². The molecule has 94 valence electrons. The van der Waals surface area contributed by atoms with Crippen LogP contribution >= 0.6 is 15.9 Å². The van der Waals surface area contributed by atoms with Crippen molar-refractivity contribution >= 4 is 21.6 Å². The average molecular weight is 306 g/mol. The molecular formula is C15H16BrNO. The van der Waals surface area contributed by atoms with Crippen molar-refractivity contribution in [1.82, 2.24) is 0 Å². The average Bonchev–Trinajstić information content (AvgIpc) is 2.34. The van der Waals surface area contributed by atoms with E-state index in [0.717, 1.165) is 21.3 Å². The topological polar surface area (TPSA) is 32.3 Å².